The standard InChI is InChI=1S/C19H18N2O5S/c22-18-19(6-1-7-19)14-10-12(2-4-15(14)20-18)21-27(23,24)13-3-5-16-17(11-13)26-9-8-25-16/h2-5,10-11,21H,1,6-9H2,(H,20,22). The van der Waals surface area contributed by atoms with Crippen molar-refractivity contribution < 1.29 is 22.7 Å². The topological polar surface area (TPSA) is 93.7 Å². The van der Waals surface area contributed by atoms with Gasteiger partial charge in [-0.25, -0.2) is 8.42 Å². The third-order valence-corrected chi connectivity index (χ3v) is 6.88. The number of carbonyl (C=O) groups is 1. The summed E-state index contributed by atoms with van der Waals surface area (Å²) in [6, 6.07) is 9.72. The zero-order valence-electron chi connectivity index (χ0n) is 14.4. The zero-order chi connectivity index (χ0) is 18.6. The fraction of sp³-hybridized carbons (Fsp3) is 0.316. The smallest absolute Gasteiger partial charge is 0.262 e. The number of hydrogen-bond donors (Lipinski definition) is 2. The minimum atomic E-state index is -3.79. The number of sulfonamides is 1. The molecule has 0 bridgehead atoms. The number of carbonyl (C=O) groups excluding carboxylic acids is 1. The third kappa shape index (κ3) is 2.47. The lowest BCUT2D eigenvalue weighted by Crippen LogP contribution is -2.40. The molecule has 7 nitrogen and oxygen atoms in total. The first-order valence-electron chi connectivity index (χ1n) is 8.86. The second kappa shape index (κ2) is 5.63. The molecule has 0 aromatic heterocycles. The first-order chi connectivity index (χ1) is 13.0. The van der Waals surface area contributed by atoms with E-state index >= 15 is 0 Å². The van der Waals surface area contributed by atoms with Crippen molar-refractivity contribution in [1.82, 2.24) is 0 Å². The van der Waals surface area contributed by atoms with Crippen LogP contribution in [0.25, 0.3) is 0 Å². The Labute approximate surface area is 156 Å². The summed E-state index contributed by atoms with van der Waals surface area (Å²) in [5, 5.41) is 2.90. The highest BCUT2D eigenvalue weighted by atomic mass is 32.2. The Hall–Kier alpha value is -2.74. The average Bonchev–Trinajstić information content (AvgIpc) is 2.92. The van der Waals surface area contributed by atoms with Crippen molar-refractivity contribution in [2.45, 2.75) is 29.6 Å². The molecule has 1 aliphatic carbocycles. The number of rotatable bonds is 3. The highest BCUT2D eigenvalue weighted by Crippen LogP contribution is 2.51. The summed E-state index contributed by atoms with van der Waals surface area (Å²) < 4.78 is 39.1. The molecule has 0 unspecified atom stereocenters. The molecule has 8 heteroatoms. The SMILES string of the molecule is O=C1Nc2ccc(NS(=O)(=O)c3ccc4c(c3)OCCO4)cc2C12CCC2. The Morgan fingerprint density at radius 2 is 1.78 bits per heavy atom. The number of benzene rings is 2. The summed E-state index contributed by atoms with van der Waals surface area (Å²) in [5.74, 6) is 0.964. The summed E-state index contributed by atoms with van der Waals surface area (Å²) in [5.41, 5.74) is 1.59. The van der Waals surface area contributed by atoms with Gasteiger partial charge < -0.3 is 14.8 Å². The van der Waals surface area contributed by atoms with Crippen LogP contribution in [0.5, 0.6) is 11.5 Å². The van der Waals surface area contributed by atoms with Crippen LogP contribution >= 0.6 is 0 Å². The van der Waals surface area contributed by atoms with Crippen LogP contribution in [0.2, 0.25) is 0 Å². The average molecular weight is 386 g/mol. The van der Waals surface area contributed by atoms with Crippen LogP contribution in [-0.2, 0) is 20.2 Å². The van der Waals surface area contributed by atoms with Crippen LogP contribution in [-0.4, -0.2) is 27.5 Å². The van der Waals surface area contributed by atoms with E-state index in [1.165, 1.54) is 12.1 Å². The van der Waals surface area contributed by atoms with Gasteiger partial charge >= 0.3 is 0 Å². The van der Waals surface area contributed by atoms with E-state index in [0.717, 1.165) is 30.5 Å². The minimum Gasteiger partial charge on any atom is -0.486 e. The Balaban J connectivity index is 1.46. The maximum absolute atomic E-state index is 12.8. The van der Waals surface area contributed by atoms with Gasteiger partial charge in [0.1, 0.15) is 13.2 Å². The fourth-order valence-corrected chi connectivity index (χ4v) is 4.97. The number of nitrogens with one attached hydrogen (secondary N) is 2. The number of amides is 1. The lowest BCUT2D eigenvalue weighted by Gasteiger charge is -2.36. The molecule has 0 radical (unpaired) electrons. The predicted molar refractivity (Wildman–Crippen MR) is 98.8 cm³/mol. The second-order valence-electron chi connectivity index (χ2n) is 7.06. The van der Waals surface area contributed by atoms with Crippen molar-refractivity contribution in [1.29, 1.82) is 0 Å². The van der Waals surface area contributed by atoms with Crippen LogP contribution in [0, 0.1) is 0 Å². The van der Waals surface area contributed by atoms with E-state index < -0.39 is 15.4 Å². The van der Waals surface area contributed by atoms with Gasteiger partial charge in [0, 0.05) is 17.4 Å². The minimum absolute atomic E-state index is 0.00981. The van der Waals surface area contributed by atoms with Gasteiger partial charge in [-0.1, -0.05) is 6.42 Å². The zero-order valence-corrected chi connectivity index (χ0v) is 15.3. The van der Waals surface area contributed by atoms with E-state index in [9.17, 15) is 13.2 Å². The van der Waals surface area contributed by atoms with Gasteiger partial charge in [0.05, 0.1) is 10.3 Å². The van der Waals surface area contributed by atoms with Crippen molar-refractivity contribution >= 4 is 27.3 Å². The van der Waals surface area contributed by atoms with Crippen LogP contribution in [0.15, 0.2) is 41.3 Å². The van der Waals surface area contributed by atoms with E-state index in [-0.39, 0.29) is 10.8 Å². The Morgan fingerprint density at radius 1 is 1.00 bits per heavy atom. The molecular weight excluding hydrogens is 368 g/mol. The Kier molecular flexibility index (Phi) is 3.42. The van der Waals surface area contributed by atoms with Crippen LogP contribution in [0.3, 0.4) is 0 Å². The molecule has 2 N–H and O–H groups in total. The molecule has 3 aliphatic rings. The van der Waals surface area contributed by atoms with Gasteiger partial charge in [0.2, 0.25) is 5.91 Å². The van der Waals surface area contributed by atoms with E-state index in [4.69, 9.17) is 9.47 Å². The van der Waals surface area contributed by atoms with Crippen LogP contribution in [0.4, 0.5) is 11.4 Å². The Morgan fingerprint density at radius 3 is 2.52 bits per heavy atom. The molecule has 5 rings (SSSR count). The molecule has 2 aromatic carbocycles. The normalized spacial score (nSPS) is 19.2. The molecule has 0 saturated heterocycles. The van der Waals surface area contributed by atoms with E-state index in [1.54, 1.807) is 24.3 Å². The van der Waals surface area contributed by atoms with Crippen LogP contribution in [0.1, 0.15) is 24.8 Å². The summed E-state index contributed by atoms with van der Waals surface area (Å²) in [6.45, 7) is 0.832. The summed E-state index contributed by atoms with van der Waals surface area (Å²) in [4.78, 5) is 12.4. The lowest BCUT2D eigenvalue weighted by atomic mass is 9.65. The summed E-state index contributed by atoms with van der Waals surface area (Å²) in [7, 11) is -3.79. The molecule has 2 heterocycles. The number of anilines is 2. The maximum Gasteiger partial charge on any atom is 0.262 e. The number of fused-ring (bicyclic) bond motifs is 3. The van der Waals surface area contributed by atoms with Gasteiger partial charge in [0.25, 0.3) is 10.0 Å². The maximum atomic E-state index is 12.8. The van der Waals surface area contributed by atoms with E-state index in [0.29, 0.717) is 30.4 Å². The van der Waals surface area contributed by atoms with Gasteiger partial charge in [-0.2, -0.15) is 0 Å². The third-order valence-electron chi connectivity index (χ3n) is 5.50. The number of hydrogen-bond acceptors (Lipinski definition) is 5. The fourth-order valence-electron chi connectivity index (χ4n) is 3.91. The predicted octanol–water partition coefficient (Wildman–Crippen LogP) is 2.63. The molecular formula is C19H18N2O5S. The molecule has 1 saturated carbocycles. The van der Waals surface area contributed by atoms with Gasteiger partial charge in [-0.15, -0.1) is 0 Å². The first-order valence-corrected chi connectivity index (χ1v) is 10.3. The number of ether oxygens (including phenoxy) is 2. The highest BCUT2D eigenvalue weighted by molar-refractivity contribution is 7.92. The van der Waals surface area contributed by atoms with Crippen molar-refractivity contribution in [3.05, 3.63) is 42.0 Å². The van der Waals surface area contributed by atoms with Gasteiger partial charge in [0.15, 0.2) is 11.5 Å². The highest BCUT2D eigenvalue weighted by Gasteiger charge is 2.51. The molecule has 1 fully saturated rings. The van der Waals surface area contributed by atoms with Crippen LogP contribution < -0.4 is 19.5 Å². The van der Waals surface area contributed by atoms with Crippen molar-refractivity contribution in [2.75, 3.05) is 23.3 Å². The molecule has 1 amide bonds. The molecule has 2 aromatic rings. The molecule has 140 valence electrons. The van der Waals surface area contributed by atoms with E-state index in [1.807, 2.05) is 0 Å². The molecule has 2 aliphatic heterocycles. The van der Waals surface area contributed by atoms with Crippen molar-refractivity contribution in [3.63, 3.8) is 0 Å². The largest absolute Gasteiger partial charge is 0.486 e. The molecule has 27 heavy (non-hydrogen) atoms. The molecule has 0 atom stereocenters. The lowest BCUT2D eigenvalue weighted by molar-refractivity contribution is -0.123. The Bertz CT molecular complexity index is 1060. The molecule has 1 spiro atoms. The summed E-state index contributed by atoms with van der Waals surface area (Å²) >= 11 is 0. The second-order valence-corrected chi connectivity index (χ2v) is 8.74. The monoisotopic (exact) mass is 386 g/mol. The van der Waals surface area contributed by atoms with Gasteiger partial charge in [-0.3, -0.25) is 9.52 Å². The first kappa shape index (κ1) is 16.4. The van der Waals surface area contributed by atoms with Crippen molar-refractivity contribution in [3.8, 4) is 11.5 Å². The van der Waals surface area contributed by atoms with Crippen molar-refractivity contribution in [2.24, 2.45) is 0 Å². The summed E-state index contributed by atoms with van der Waals surface area (Å²) in [6.07, 6.45) is 2.59. The van der Waals surface area contributed by atoms with Gasteiger partial charge in [-0.05, 0) is 48.7 Å². The quantitative estimate of drug-likeness (QED) is 0.846. The van der Waals surface area contributed by atoms with E-state index in [2.05, 4.69) is 10.0 Å².